The number of ether oxygens (including phenoxy) is 7. The number of esters is 1. The summed E-state index contributed by atoms with van der Waals surface area (Å²) in [6, 6.07) is 7.70. The van der Waals surface area contributed by atoms with Crippen LogP contribution in [0.4, 0.5) is 0 Å². The molecule has 3 aliphatic rings. The molecule has 0 aromatic heterocycles. The number of fused-ring (bicyclic) bond motifs is 2. The lowest BCUT2D eigenvalue weighted by atomic mass is 9.91. The number of cyclic esters (lactones) is 1. The molecular formula is C40H52O8. The van der Waals surface area contributed by atoms with Crippen molar-refractivity contribution in [3.8, 4) is 17.6 Å². The predicted octanol–water partition coefficient (Wildman–Crippen LogP) is 7.20. The Morgan fingerprint density at radius 1 is 1.08 bits per heavy atom. The molecule has 2 bridgehead atoms. The number of hydrogen-bond donors (Lipinski definition) is 0. The van der Waals surface area contributed by atoms with E-state index in [1.807, 2.05) is 54.6 Å². The van der Waals surface area contributed by atoms with Crippen molar-refractivity contribution in [2.75, 3.05) is 27.6 Å². The van der Waals surface area contributed by atoms with Crippen LogP contribution < -0.4 is 4.74 Å². The van der Waals surface area contributed by atoms with E-state index in [-0.39, 0.29) is 31.2 Å². The van der Waals surface area contributed by atoms with Gasteiger partial charge in [-0.25, -0.2) is 4.79 Å². The Kier molecular flexibility index (Phi) is 15.7. The molecule has 3 heterocycles. The first-order valence-corrected chi connectivity index (χ1v) is 17.0. The highest BCUT2D eigenvalue weighted by molar-refractivity contribution is 5.88. The zero-order valence-corrected chi connectivity index (χ0v) is 28.9. The van der Waals surface area contributed by atoms with Crippen molar-refractivity contribution in [1.29, 1.82) is 0 Å². The molecule has 8 heteroatoms. The second-order valence-corrected chi connectivity index (χ2v) is 12.8. The minimum Gasteiger partial charge on any atom is -0.497 e. The maximum atomic E-state index is 13.2. The van der Waals surface area contributed by atoms with E-state index in [2.05, 4.69) is 44.4 Å². The number of hydrogen-bond acceptors (Lipinski definition) is 8. The van der Waals surface area contributed by atoms with Crippen molar-refractivity contribution in [3.63, 3.8) is 0 Å². The highest BCUT2D eigenvalue weighted by atomic mass is 16.7. The zero-order chi connectivity index (χ0) is 34.1. The molecular weight excluding hydrogens is 608 g/mol. The van der Waals surface area contributed by atoms with Crippen LogP contribution in [0.1, 0.15) is 64.4 Å². The van der Waals surface area contributed by atoms with Gasteiger partial charge in [0.1, 0.15) is 24.8 Å². The van der Waals surface area contributed by atoms with Gasteiger partial charge in [0, 0.05) is 25.9 Å². The third-order valence-electron chi connectivity index (χ3n) is 8.53. The summed E-state index contributed by atoms with van der Waals surface area (Å²) in [4.78, 5) is 13.2. The van der Waals surface area contributed by atoms with Crippen LogP contribution in [-0.2, 0) is 39.8 Å². The van der Waals surface area contributed by atoms with Crippen molar-refractivity contribution in [2.45, 2.75) is 102 Å². The smallest absolute Gasteiger partial charge is 0.384 e. The van der Waals surface area contributed by atoms with Crippen molar-refractivity contribution in [2.24, 2.45) is 5.92 Å². The Morgan fingerprint density at radius 3 is 2.67 bits per heavy atom. The molecule has 1 aromatic carbocycles. The molecule has 7 atom stereocenters. The van der Waals surface area contributed by atoms with E-state index >= 15 is 0 Å². The van der Waals surface area contributed by atoms with Gasteiger partial charge in [-0.2, -0.15) is 0 Å². The summed E-state index contributed by atoms with van der Waals surface area (Å²) in [7, 11) is 3.24. The Labute approximate surface area is 286 Å². The van der Waals surface area contributed by atoms with Gasteiger partial charge in [0.15, 0.2) is 0 Å². The molecule has 1 unspecified atom stereocenters. The van der Waals surface area contributed by atoms with Gasteiger partial charge in [-0.3, -0.25) is 0 Å². The fourth-order valence-corrected chi connectivity index (χ4v) is 6.07. The van der Waals surface area contributed by atoms with E-state index in [0.29, 0.717) is 38.4 Å². The standard InChI is InChI=1S/C40H52O8/c1-29-21-22-44-36(24-29)19-20-38(45-27-32-15-17-33(43-5)18-16-32)39-13-7-11-35(46-28-42-4)25-30(2)23-31(3)26-37-12-6-9-34(47-37)10-8-14-40(41)48-39/h6-7,9,11,15-21,31,34-39H,2,10,12-13,22-28H2,1,3-5H3/b11-7+,20-19+/t31-,34-,35+,36+,37+,38-,39?/m0/s1. The van der Waals surface area contributed by atoms with Crippen LogP contribution in [0.2, 0.25) is 0 Å². The van der Waals surface area contributed by atoms with E-state index < -0.39 is 18.2 Å². The Balaban J connectivity index is 1.60. The quantitative estimate of drug-likeness (QED) is 0.0857. The molecule has 48 heavy (non-hydrogen) atoms. The first-order chi connectivity index (χ1) is 23.3. The van der Waals surface area contributed by atoms with Crippen LogP contribution in [0.25, 0.3) is 0 Å². The first-order valence-electron chi connectivity index (χ1n) is 17.0. The summed E-state index contributed by atoms with van der Waals surface area (Å²) in [6.45, 7) is 9.72. The highest BCUT2D eigenvalue weighted by Gasteiger charge is 2.25. The molecule has 0 saturated carbocycles. The van der Waals surface area contributed by atoms with Crippen LogP contribution in [0, 0.1) is 17.8 Å². The third kappa shape index (κ3) is 13.2. The maximum absolute atomic E-state index is 13.2. The zero-order valence-electron chi connectivity index (χ0n) is 28.9. The molecule has 4 rings (SSSR count). The molecule has 3 aliphatic heterocycles. The monoisotopic (exact) mass is 660 g/mol. The van der Waals surface area contributed by atoms with Gasteiger partial charge in [0.05, 0.1) is 44.7 Å². The summed E-state index contributed by atoms with van der Waals surface area (Å²) in [5, 5.41) is 0. The Bertz CT molecular complexity index is 1350. The molecule has 1 aromatic rings. The van der Waals surface area contributed by atoms with Gasteiger partial charge < -0.3 is 33.2 Å². The minimum absolute atomic E-state index is 0.0973. The Morgan fingerprint density at radius 2 is 1.90 bits per heavy atom. The lowest BCUT2D eigenvalue weighted by Gasteiger charge is -2.28. The lowest BCUT2D eigenvalue weighted by molar-refractivity contribution is -0.148. The molecule has 0 amide bonds. The fraction of sp³-hybridized carbons (Fsp3) is 0.525. The van der Waals surface area contributed by atoms with E-state index in [1.165, 1.54) is 5.57 Å². The van der Waals surface area contributed by atoms with E-state index in [4.69, 9.17) is 33.2 Å². The topological polar surface area (TPSA) is 81.7 Å². The van der Waals surface area contributed by atoms with Gasteiger partial charge >= 0.3 is 5.97 Å². The van der Waals surface area contributed by atoms with Gasteiger partial charge in [-0.1, -0.05) is 85.2 Å². The number of methoxy groups -OCH3 is 2. The van der Waals surface area contributed by atoms with Crippen LogP contribution in [0.5, 0.6) is 5.75 Å². The Hall–Kier alpha value is -3.45. The summed E-state index contributed by atoms with van der Waals surface area (Å²) < 4.78 is 41.3. The van der Waals surface area contributed by atoms with Crippen LogP contribution in [0.15, 0.2) is 84.5 Å². The van der Waals surface area contributed by atoms with Gasteiger partial charge in [0.25, 0.3) is 0 Å². The van der Waals surface area contributed by atoms with Gasteiger partial charge in [-0.15, -0.1) is 0 Å². The van der Waals surface area contributed by atoms with Crippen LogP contribution in [0.3, 0.4) is 0 Å². The largest absolute Gasteiger partial charge is 0.497 e. The average Bonchev–Trinajstić information content (AvgIpc) is 3.06. The highest BCUT2D eigenvalue weighted by Crippen LogP contribution is 2.26. The second-order valence-electron chi connectivity index (χ2n) is 12.8. The van der Waals surface area contributed by atoms with Crippen molar-refractivity contribution < 1.29 is 38.0 Å². The summed E-state index contributed by atoms with van der Waals surface area (Å²) in [5.41, 5.74) is 3.34. The number of rotatable bonds is 10. The van der Waals surface area contributed by atoms with Gasteiger partial charge in [0.2, 0.25) is 0 Å². The molecule has 0 radical (unpaired) electrons. The average molecular weight is 661 g/mol. The maximum Gasteiger partial charge on any atom is 0.384 e. The van der Waals surface area contributed by atoms with Crippen LogP contribution in [-0.4, -0.2) is 70.2 Å². The van der Waals surface area contributed by atoms with Crippen molar-refractivity contribution in [1.82, 2.24) is 0 Å². The second kappa shape index (κ2) is 20.2. The number of carbonyl (C=O) groups is 1. The summed E-state index contributed by atoms with van der Waals surface area (Å²) in [6.07, 6.45) is 17.4. The molecule has 0 aliphatic carbocycles. The summed E-state index contributed by atoms with van der Waals surface area (Å²) in [5.74, 6) is 6.24. The number of carbonyl (C=O) groups excluding carboxylic acids is 1. The molecule has 0 fully saturated rings. The fourth-order valence-electron chi connectivity index (χ4n) is 6.07. The lowest BCUT2D eigenvalue weighted by Crippen LogP contribution is -2.32. The molecule has 260 valence electrons. The summed E-state index contributed by atoms with van der Waals surface area (Å²) >= 11 is 0. The first kappa shape index (κ1) is 37.4. The number of benzene rings is 1. The van der Waals surface area contributed by atoms with E-state index in [0.717, 1.165) is 42.6 Å². The van der Waals surface area contributed by atoms with E-state index in [9.17, 15) is 4.79 Å². The van der Waals surface area contributed by atoms with Gasteiger partial charge in [-0.05, 0) is 62.6 Å². The molecule has 0 N–H and O–H groups in total. The SMILES string of the molecule is C=C1C[C@H](C)C[C@H]2CC=C[C@@H](CC#CC(=O)OC([C@H](/C=C/[C@@H]3CC(C)=CCO3)OCc3ccc(OC)cc3)C/C=C/[C@@H](OCOC)C1)O2. The molecule has 0 saturated heterocycles. The van der Waals surface area contributed by atoms with Crippen LogP contribution >= 0.6 is 0 Å². The minimum atomic E-state index is -0.668. The predicted molar refractivity (Wildman–Crippen MR) is 186 cm³/mol. The third-order valence-corrected chi connectivity index (χ3v) is 8.53. The molecule has 0 spiro atoms. The molecule has 8 nitrogen and oxygen atoms in total. The van der Waals surface area contributed by atoms with E-state index in [1.54, 1.807) is 14.2 Å². The van der Waals surface area contributed by atoms with Crippen molar-refractivity contribution in [3.05, 3.63) is 90.1 Å². The van der Waals surface area contributed by atoms with Crippen molar-refractivity contribution >= 4 is 5.97 Å². The normalized spacial score (nSPS) is 28.7.